The smallest absolute Gasteiger partial charge is 0.253 e. The molecule has 2 fully saturated rings. The molecule has 1 aromatic heterocycles. The molecule has 0 bridgehead atoms. The summed E-state index contributed by atoms with van der Waals surface area (Å²) in [5, 5.41) is 0. The fraction of sp³-hybridized carbons (Fsp3) is 0.421. The highest BCUT2D eigenvalue weighted by Gasteiger charge is 2.42. The molecule has 2 aliphatic heterocycles. The Morgan fingerprint density at radius 1 is 1.04 bits per heavy atom. The Kier molecular flexibility index (Phi) is 4.03. The summed E-state index contributed by atoms with van der Waals surface area (Å²) in [5.41, 5.74) is 1.83. The van der Waals surface area contributed by atoms with Crippen LogP contribution in [0.2, 0.25) is 0 Å². The predicted molar refractivity (Wildman–Crippen MR) is 97.9 cm³/mol. The number of hydrogen-bond donors (Lipinski definition) is 0. The molecule has 0 radical (unpaired) electrons. The number of fused-ring (bicyclic) bond motifs is 1. The van der Waals surface area contributed by atoms with Crippen LogP contribution in [0.4, 0.5) is 11.6 Å². The number of carbonyl (C=O) groups excluding carboxylic acids is 1. The van der Waals surface area contributed by atoms with Crippen LogP contribution in [-0.2, 0) is 0 Å². The molecule has 25 heavy (non-hydrogen) atoms. The summed E-state index contributed by atoms with van der Waals surface area (Å²) in [6.07, 6.45) is 3.56. The fourth-order valence-electron chi connectivity index (χ4n) is 3.88. The van der Waals surface area contributed by atoms with E-state index in [1.165, 1.54) is 0 Å². The molecule has 1 aromatic carbocycles. The third-order valence-corrected chi connectivity index (χ3v) is 5.22. The van der Waals surface area contributed by atoms with Crippen LogP contribution in [0.5, 0.6) is 0 Å². The minimum absolute atomic E-state index is 0.139. The summed E-state index contributed by atoms with van der Waals surface area (Å²) >= 11 is 0. The number of benzene rings is 1. The van der Waals surface area contributed by atoms with Gasteiger partial charge in [-0.25, -0.2) is 9.97 Å². The zero-order valence-corrected chi connectivity index (χ0v) is 14.7. The Balaban J connectivity index is 1.43. The van der Waals surface area contributed by atoms with Gasteiger partial charge in [-0.05, 0) is 24.3 Å². The summed E-state index contributed by atoms with van der Waals surface area (Å²) in [7, 11) is 3.98. The van der Waals surface area contributed by atoms with Gasteiger partial charge < -0.3 is 14.7 Å². The van der Waals surface area contributed by atoms with Gasteiger partial charge in [-0.15, -0.1) is 0 Å². The maximum absolute atomic E-state index is 12.9. The van der Waals surface area contributed by atoms with Crippen LogP contribution in [0.25, 0.3) is 0 Å². The highest BCUT2D eigenvalue weighted by atomic mass is 16.2. The average molecular weight is 337 g/mol. The molecule has 2 aromatic rings. The van der Waals surface area contributed by atoms with Crippen molar-refractivity contribution in [3.8, 4) is 0 Å². The first-order chi connectivity index (χ1) is 12.1. The Morgan fingerprint density at radius 2 is 1.72 bits per heavy atom. The third kappa shape index (κ3) is 3.04. The van der Waals surface area contributed by atoms with Crippen molar-refractivity contribution in [3.05, 3.63) is 48.3 Å². The molecule has 0 aliphatic carbocycles. The fourth-order valence-corrected chi connectivity index (χ4v) is 3.88. The molecular formula is C19H23N5O. The van der Waals surface area contributed by atoms with E-state index < -0.39 is 0 Å². The van der Waals surface area contributed by atoms with Crippen molar-refractivity contribution in [1.82, 2.24) is 14.9 Å². The second-order valence-electron chi connectivity index (χ2n) is 7.13. The van der Waals surface area contributed by atoms with E-state index in [9.17, 15) is 4.79 Å². The Bertz CT molecular complexity index is 749. The molecule has 2 aliphatic rings. The molecule has 0 saturated carbocycles. The summed E-state index contributed by atoms with van der Waals surface area (Å²) in [6, 6.07) is 9.69. The zero-order valence-electron chi connectivity index (χ0n) is 14.7. The Hall–Kier alpha value is -2.63. The monoisotopic (exact) mass is 337 g/mol. The van der Waals surface area contributed by atoms with Gasteiger partial charge in [-0.3, -0.25) is 4.79 Å². The molecule has 6 nitrogen and oxygen atoms in total. The van der Waals surface area contributed by atoms with Gasteiger partial charge in [0.1, 0.15) is 0 Å². The van der Waals surface area contributed by atoms with Crippen LogP contribution in [0, 0.1) is 11.8 Å². The summed E-state index contributed by atoms with van der Waals surface area (Å²) in [6.45, 7) is 3.49. The molecule has 1 amide bonds. The van der Waals surface area contributed by atoms with Crippen LogP contribution < -0.4 is 9.80 Å². The Labute approximate surface area is 148 Å². The third-order valence-electron chi connectivity index (χ3n) is 5.22. The summed E-state index contributed by atoms with van der Waals surface area (Å²) in [4.78, 5) is 27.8. The van der Waals surface area contributed by atoms with Gasteiger partial charge in [-0.1, -0.05) is 6.07 Å². The highest BCUT2D eigenvalue weighted by Crippen LogP contribution is 2.33. The lowest BCUT2D eigenvalue weighted by Crippen LogP contribution is -2.33. The number of carbonyl (C=O) groups is 1. The first kappa shape index (κ1) is 15.9. The maximum atomic E-state index is 12.9. The van der Waals surface area contributed by atoms with Crippen molar-refractivity contribution in [1.29, 1.82) is 0 Å². The van der Waals surface area contributed by atoms with E-state index in [0.717, 1.165) is 43.4 Å². The lowest BCUT2D eigenvalue weighted by molar-refractivity contribution is 0.0782. The van der Waals surface area contributed by atoms with E-state index in [1.54, 1.807) is 12.4 Å². The number of amides is 1. The summed E-state index contributed by atoms with van der Waals surface area (Å²) < 4.78 is 0. The van der Waals surface area contributed by atoms with Crippen LogP contribution in [0.3, 0.4) is 0 Å². The molecule has 2 unspecified atom stereocenters. The topological polar surface area (TPSA) is 52.6 Å². The van der Waals surface area contributed by atoms with Crippen molar-refractivity contribution in [2.75, 3.05) is 50.1 Å². The van der Waals surface area contributed by atoms with Gasteiger partial charge in [-0.2, -0.15) is 0 Å². The van der Waals surface area contributed by atoms with Crippen molar-refractivity contribution in [3.63, 3.8) is 0 Å². The number of aromatic nitrogens is 2. The van der Waals surface area contributed by atoms with Crippen LogP contribution in [0.1, 0.15) is 10.4 Å². The highest BCUT2D eigenvalue weighted by molar-refractivity contribution is 5.95. The quantitative estimate of drug-likeness (QED) is 0.854. The van der Waals surface area contributed by atoms with E-state index in [0.29, 0.717) is 11.8 Å². The van der Waals surface area contributed by atoms with E-state index in [-0.39, 0.29) is 5.91 Å². The largest absolute Gasteiger partial charge is 0.378 e. The minimum Gasteiger partial charge on any atom is -0.378 e. The van der Waals surface area contributed by atoms with E-state index in [4.69, 9.17) is 0 Å². The van der Waals surface area contributed by atoms with Crippen molar-refractivity contribution >= 4 is 17.5 Å². The molecule has 3 heterocycles. The van der Waals surface area contributed by atoms with E-state index >= 15 is 0 Å². The number of likely N-dealkylation sites (tertiary alicyclic amines) is 1. The minimum atomic E-state index is 0.139. The number of hydrogen-bond acceptors (Lipinski definition) is 5. The predicted octanol–water partition coefficient (Wildman–Crippen LogP) is 1.75. The van der Waals surface area contributed by atoms with Crippen LogP contribution in [-0.4, -0.2) is 61.0 Å². The second kappa shape index (κ2) is 6.35. The van der Waals surface area contributed by atoms with E-state index in [1.807, 2.05) is 54.2 Å². The SMILES string of the molecule is CN(C)c1cccc(C(=O)N2CC3CN(c4ncccn4)CC3C2)c1. The number of rotatable bonds is 3. The van der Waals surface area contributed by atoms with Gasteiger partial charge in [0.2, 0.25) is 5.95 Å². The van der Waals surface area contributed by atoms with Crippen molar-refractivity contribution in [2.24, 2.45) is 11.8 Å². The van der Waals surface area contributed by atoms with Gasteiger partial charge in [0, 0.05) is 75.8 Å². The lowest BCUT2D eigenvalue weighted by atomic mass is 10.0. The standard InChI is InChI=1S/C19H23N5O/c1-22(2)17-6-3-5-14(9-17)18(25)23-10-15-12-24(13-16(15)11-23)19-20-7-4-8-21-19/h3-9,15-16H,10-13H2,1-2H3. The lowest BCUT2D eigenvalue weighted by Gasteiger charge is -2.22. The Morgan fingerprint density at radius 3 is 2.36 bits per heavy atom. The van der Waals surface area contributed by atoms with Gasteiger partial charge in [0.15, 0.2) is 0 Å². The van der Waals surface area contributed by atoms with Crippen LogP contribution >= 0.6 is 0 Å². The van der Waals surface area contributed by atoms with Gasteiger partial charge in [0.05, 0.1) is 0 Å². The second-order valence-corrected chi connectivity index (χ2v) is 7.13. The van der Waals surface area contributed by atoms with Gasteiger partial charge >= 0.3 is 0 Å². The first-order valence-electron chi connectivity index (χ1n) is 8.70. The molecule has 2 saturated heterocycles. The first-order valence-corrected chi connectivity index (χ1v) is 8.70. The molecule has 4 rings (SSSR count). The normalized spacial score (nSPS) is 22.2. The average Bonchev–Trinajstić information content (AvgIpc) is 3.21. The number of anilines is 2. The molecular weight excluding hydrogens is 314 g/mol. The van der Waals surface area contributed by atoms with Crippen molar-refractivity contribution < 1.29 is 4.79 Å². The zero-order chi connectivity index (χ0) is 17.4. The molecule has 2 atom stereocenters. The molecule has 6 heteroatoms. The van der Waals surface area contributed by atoms with Gasteiger partial charge in [0.25, 0.3) is 5.91 Å². The van der Waals surface area contributed by atoms with Crippen molar-refractivity contribution in [2.45, 2.75) is 0 Å². The molecule has 0 spiro atoms. The maximum Gasteiger partial charge on any atom is 0.253 e. The van der Waals surface area contributed by atoms with Crippen LogP contribution in [0.15, 0.2) is 42.7 Å². The molecule has 0 N–H and O–H groups in total. The molecule has 130 valence electrons. The number of nitrogens with zero attached hydrogens (tertiary/aromatic N) is 5. The summed E-state index contributed by atoms with van der Waals surface area (Å²) in [5.74, 6) is 1.95. The van der Waals surface area contributed by atoms with E-state index in [2.05, 4.69) is 14.9 Å².